The van der Waals surface area contributed by atoms with Gasteiger partial charge in [-0.25, -0.2) is 0 Å². The second-order valence-electron chi connectivity index (χ2n) is 11.5. The quantitative estimate of drug-likeness (QED) is 0.111. The van der Waals surface area contributed by atoms with E-state index in [4.69, 9.17) is 18.9 Å². The number of aliphatic hydroxyl groups is 1. The van der Waals surface area contributed by atoms with Crippen molar-refractivity contribution in [2.24, 2.45) is 0 Å². The lowest BCUT2D eigenvalue weighted by atomic mass is 9.80. The van der Waals surface area contributed by atoms with Gasteiger partial charge in [-0.1, -0.05) is 97.1 Å². The topological polar surface area (TPSA) is 57.2 Å². The molecule has 0 aliphatic carbocycles. The van der Waals surface area contributed by atoms with E-state index in [9.17, 15) is 5.11 Å². The zero-order chi connectivity index (χ0) is 31.5. The molecular weight excluding hydrogens is 572 g/mol. The minimum Gasteiger partial charge on any atom is -0.497 e. The molecule has 7 rings (SSSR count). The molecule has 0 aliphatic heterocycles. The van der Waals surface area contributed by atoms with Gasteiger partial charge in [-0.3, -0.25) is 0 Å². The number of rotatable bonds is 12. The van der Waals surface area contributed by atoms with Crippen LogP contribution in [0, 0.1) is 0 Å². The molecule has 5 heteroatoms. The lowest BCUT2D eigenvalue weighted by Crippen LogP contribution is -2.36. The summed E-state index contributed by atoms with van der Waals surface area (Å²) >= 11 is 0. The molecule has 1 atom stereocenters. The van der Waals surface area contributed by atoms with E-state index < -0.39 is 11.7 Å². The molecular formula is C41H36O5. The summed E-state index contributed by atoms with van der Waals surface area (Å²) in [5.41, 5.74) is 1.79. The third kappa shape index (κ3) is 5.38. The van der Waals surface area contributed by atoms with Crippen LogP contribution in [0.2, 0.25) is 0 Å². The molecule has 0 heterocycles. The largest absolute Gasteiger partial charge is 0.497 e. The van der Waals surface area contributed by atoms with E-state index in [1.165, 1.54) is 26.9 Å². The first kappa shape index (κ1) is 29.6. The van der Waals surface area contributed by atoms with Crippen molar-refractivity contribution in [3.63, 3.8) is 0 Å². The highest BCUT2D eigenvalue weighted by Crippen LogP contribution is 2.42. The second kappa shape index (κ2) is 12.7. The van der Waals surface area contributed by atoms with Crippen molar-refractivity contribution in [3.8, 4) is 17.2 Å². The Labute approximate surface area is 268 Å². The molecule has 0 aromatic heterocycles. The molecule has 0 radical (unpaired) electrons. The van der Waals surface area contributed by atoms with Crippen molar-refractivity contribution >= 4 is 32.3 Å². The minimum absolute atomic E-state index is 0.0921. The highest BCUT2D eigenvalue weighted by molar-refractivity contribution is 6.24. The van der Waals surface area contributed by atoms with Gasteiger partial charge in [-0.2, -0.15) is 0 Å². The zero-order valence-corrected chi connectivity index (χ0v) is 26.0. The molecule has 1 N–H and O–H groups in total. The van der Waals surface area contributed by atoms with Gasteiger partial charge in [0.15, 0.2) is 0 Å². The Balaban J connectivity index is 1.15. The van der Waals surface area contributed by atoms with E-state index in [0.29, 0.717) is 13.0 Å². The van der Waals surface area contributed by atoms with E-state index >= 15 is 0 Å². The fourth-order valence-corrected chi connectivity index (χ4v) is 6.52. The standard InChI is InChI=1S/C41H36O5/c1-43-35-19-15-32(16-20-35)41(31-9-4-3-5-10-31,33-17-21-36(44-2)22-18-33)46-27-34(42)25-26-45-38-24-14-30-12-11-28-7-6-8-29-13-23-37(38)40(30)39(28)29/h3-24,34,42H,25-27H2,1-2H3/t34-/m0/s1. The maximum atomic E-state index is 11.3. The van der Waals surface area contributed by atoms with Gasteiger partial charge in [-0.05, 0) is 74.6 Å². The number of hydrogen-bond acceptors (Lipinski definition) is 5. The second-order valence-corrected chi connectivity index (χ2v) is 11.5. The van der Waals surface area contributed by atoms with Crippen LogP contribution in [-0.4, -0.2) is 38.6 Å². The van der Waals surface area contributed by atoms with E-state index in [1.807, 2.05) is 72.8 Å². The van der Waals surface area contributed by atoms with Crippen LogP contribution in [0.15, 0.2) is 133 Å². The predicted octanol–water partition coefficient (Wildman–Crippen LogP) is 8.74. The smallest absolute Gasteiger partial charge is 0.143 e. The Morgan fingerprint density at radius 3 is 1.72 bits per heavy atom. The molecule has 0 amide bonds. The van der Waals surface area contributed by atoms with Gasteiger partial charge < -0.3 is 24.1 Å². The maximum absolute atomic E-state index is 11.3. The van der Waals surface area contributed by atoms with E-state index in [1.54, 1.807) is 14.2 Å². The summed E-state index contributed by atoms with van der Waals surface area (Å²) in [7, 11) is 3.31. The van der Waals surface area contributed by atoms with Crippen LogP contribution in [0.1, 0.15) is 23.1 Å². The van der Waals surface area contributed by atoms with Crippen LogP contribution in [0.3, 0.4) is 0 Å². The number of aliphatic hydroxyl groups excluding tert-OH is 1. The first-order valence-electron chi connectivity index (χ1n) is 15.6. The van der Waals surface area contributed by atoms with E-state index in [2.05, 4.69) is 60.7 Å². The number of hydrogen-bond donors (Lipinski definition) is 1. The van der Waals surface area contributed by atoms with Gasteiger partial charge in [0.25, 0.3) is 0 Å². The average molecular weight is 609 g/mol. The van der Waals surface area contributed by atoms with Crippen LogP contribution in [0.25, 0.3) is 32.3 Å². The summed E-state index contributed by atoms with van der Waals surface area (Å²) in [6.45, 7) is 0.437. The highest BCUT2D eigenvalue weighted by atomic mass is 16.5. The average Bonchev–Trinajstić information content (AvgIpc) is 3.12. The van der Waals surface area contributed by atoms with Crippen molar-refractivity contribution in [3.05, 3.63) is 150 Å². The van der Waals surface area contributed by atoms with Crippen molar-refractivity contribution < 1.29 is 24.1 Å². The third-order valence-electron chi connectivity index (χ3n) is 8.86. The molecule has 0 spiro atoms. The Morgan fingerprint density at radius 1 is 0.565 bits per heavy atom. The summed E-state index contributed by atoms with van der Waals surface area (Å²) in [6.07, 6.45) is -0.364. The van der Waals surface area contributed by atoms with E-state index in [-0.39, 0.29) is 6.61 Å². The fraction of sp³-hybridized carbons (Fsp3) is 0.171. The third-order valence-corrected chi connectivity index (χ3v) is 8.86. The van der Waals surface area contributed by atoms with Crippen molar-refractivity contribution in [1.29, 1.82) is 0 Å². The van der Waals surface area contributed by atoms with Crippen molar-refractivity contribution in [1.82, 2.24) is 0 Å². The summed E-state index contributed by atoms with van der Waals surface area (Å²) < 4.78 is 24.1. The molecule has 0 bridgehead atoms. The van der Waals surface area contributed by atoms with Crippen LogP contribution < -0.4 is 14.2 Å². The summed E-state index contributed by atoms with van der Waals surface area (Å²) in [5.74, 6) is 2.32. The Bertz CT molecular complexity index is 1990. The minimum atomic E-state index is -0.992. The molecule has 0 unspecified atom stereocenters. The fourth-order valence-electron chi connectivity index (χ4n) is 6.52. The molecule has 5 nitrogen and oxygen atoms in total. The van der Waals surface area contributed by atoms with E-state index in [0.717, 1.165) is 39.3 Å². The number of methoxy groups -OCH3 is 2. The summed E-state index contributed by atoms with van der Waals surface area (Å²) in [4.78, 5) is 0. The van der Waals surface area contributed by atoms with Gasteiger partial charge in [0.2, 0.25) is 0 Å². The lowest BCUT2D eigenvalue weighted by molar-refractivity contribution is -0.0427. The summed E-state index contributed by atoms with van der Waals surface area (Å²) in [6, 6.07) is 45.0. The van der Waals surface area contributed by atoms with Gasteiger partial charge in [-0.15, -0.1) is 0 Å². The molecule has 7 aromatic rings. The Hall–Kier alpha value is -5.10. The van der Waals surface area contributed by atoms with Crippen LogP contribution in [0.4, 0.5) is 0 Å². The number of benzene rings is 7. The SMILES string of the molecule is COc1ccc(C(OC[C@@H](O)CCOc2ccc3ccc4cccc5ccc2c3c45)(c2ccccc2)c2ccc(OC)cc2)cc1. The van der Waals surface area contributed by atoms with Crippen LogP contribution >= 0.6 is 0 Å². The van der Waals surface area contributed by atoms with Crippen LogP contribution in [-0.2, 0) is 10.3 Å². The monoisotopic (exact) mass is 608 g/mol. The first-order chi connectivity index (χ1) is 22.6. The molecule has 230 valence electrons. The normalized spacial score (nSPS) is 12.5. The Kier molecular flexibility index (Phi) is 8.18. The molecule has 0 saturated heterocycles. The van der Waals surface area contributed by atoms with Gasteiger partial charge in [0.05, 0.1) is 33.5 Å². The predicted molar refractivity (Wildman–Crippen MR) is 185 cm³/mol. The molecule has 7 aromatic carbocycles. The van der Waals surface area contributed by atoms with Gasteiger partial charge >= 0.3 is 0 Å². The molecule has 46 heavy (non-hydrogen) atoms. The summed E-state index contributed by atoms with van der Waals surface area (Å²) in [5, 5.41) is 18.5. The van der Waals surface area contributed by atoms with Crippen LogP contribution in [0.5, 0.6) is 17.2 Å². The number of ether oxygens (including phenoxy) is 4. The highest BCUT2D eigenvalue weighted by Gasteiger charge is 2.38. The Morgan fingerprint density at radius 2 is 1.11 bits per heavy atom. The molecule has 0 fully saturated rings. The zero-order valence-electron chi connectivity index (χ0n) is 26.0. The maximum Gasteiger partial charge on any atom is 0.143 e. The van der Waals surface area contributed by atoms with Crippen molar-refractivity contribution in [2.75, 3.05) is 27.4 Å². The molecule has 0 aliphatic rings. The first-order valence-corrected chi connectivity index (χ1v) is 15.6. The lowest BCUT2D eigenvalue weighted by Gasteiger charge is -2.36. The molecule has 0 saturated carbocycles. The van der Waals surface area contributed by atoms with Crippen molar-refractivity contribution in [2.45, 2.75) is 18.1 Å². The van der Waals surface area contributed by atoms with Gasteiger partial charge in [0.1, 0.15) is 22.8 Å². The van der Waals surface area contributed by atoms with Gasteiger partial charge in [0, 0.05) is 17.2 Å².